The van der Waals surface area contributed by atoms with Gasteiger partial charge in [-0.3, -0.25) is 9.59 Å². The average molecular weight is 166 g/mol. The van der Waals surface area contributed by atoms with Crippen molar-refractivity contribution in [3.63, 3.8) is 0 Å². The summed E-state index contributed by atoms with van der Waals surface area (Å²) in [7, 11) is 0. The molecular weight excluding hydrogens is 156 g/mol. The van der Waals surface area contributed by atoms with E-state index in [4.69, 9.17) is 4.74 Å². The van der Waals surface area contributed by atoms with Gasteiger partial charge in [-0.2, -0.15) is 0 Å². The number of esters is 1. The number of ether oxygens (including phenoxy) is 1. The first-order valence-electron chi connectivity index (χ1n) is 4.08. The van der Waals surface area contributed by atoms with Crippen LogP contribution in [0.4, 0.5) is 0 Å². The fourth-order valence-corrected chi connectivity index (χ4v) is 1.79. The van der Waals surface area contributed by atoms with Crippen molar-refractivity contribution in [1.29, 1.82) is 0 Å². The molecule has 0 N–H and O–H groups in total. The summed E-state index contributed by atoms with van der Waals surface area (Å²) >= 11 is 0. The van der Waals surface area contributed by atoms with Crippen LogP contribution in [0.25, 0.3) is 0 Å². The van der Waals surface area contributed by atoms with Crippen LogP contribution in [0.15, 0.2) is 11.6 Å². The van der Waals surface area contributed by atoms with Crippen molar-refractivity contribution in [2.75, 3.05) is 0 Å². The summed E-state index contributed by atoms with van der Waals surface area (Å²) in [6.07, 6.45) is 2.90. The van der Waals surface area contributed by atoms with Crippen LogP contribution >= 0.6 is 0 Å². The van der Waals surface area contributed by atoms with Crippen molar-refractivity contribution in [3.05, 3.63) is 11.6 Å². The second kappa shape index (κ2) is 2.44. The Bertz CT molecular complexity index is 277. The zero-order valence-corrected chi connectivity index (χ0v) is 6.87. The molecule has 12 heavy (non-hydrogen) atoms. The molecule has 0 aromatic carbocycles. The number of ketones is 1. The van der Waals surface area contributed by atoms with Gasteiger partial charge in [-0.05, 0) is 12.5 Å². The van der Waals surface area contributed by atoms with Crippen LogP contribution < -0.4 is 0 Å². The van der Waals surface area contributed by atoms with Gasteiger partial charge in [0.25, 0.3) is 0 Å². The van der Waals surface area contributed by atoms with Gasteiger partial charge in [0.1, 0.15) is 6.10 Å². The molecule has 3 heteroatoms. The predicted molar refractivity (Wildman–Crippen MR) is 41.4 cm³/mol. The highest BCUT2D eigenvalue weighted by molar-refractivity contribution is 5.94. The molecular formula is C9H10O3. The minimum Gasteiger partial charge on any atom is -0.461 e. The van der Waals surface area contributed by atoms with Gasteiger partial charge < -0.3 is 4.74 Å². The van der Waals surface area contributed by atoms with Gasteiger partial charge in [0.2, 0.25) is 0 Å². The quantitative estimate of drug-likeness (QED) is 0.542. The van der Waals surface area contributed by atoms with Crippen LogP contribution in [0.1, 0.15) is 19.8 Å². The molecule has 3 nitrogen and oxygen atoms in total. The zero-order valence-electron chi connectivity index (χ0n) is 6.87. The number of carbonyl (C=O) groups excluding carboxylic acids is 2. The molecule has 1 aliphatic carbocycles. The second-order valence-corrected chi connectivity index (χ2v) is 3.35. The molecule has 2 aliphatic rings. The molecule has 0 saturated carbocycles. The number of Topliss-reactive ketones (excluding diaryl/α,β-unsaturated/α-hetero) is 1. The Morgan fingerprint density at radius 1 is 1.58 bits per heavy atom. The van der Waals surface area contributed by atoms with Crippen LogP contribution in [-0.4, -0.2) is 17.9 Å². The van der Waals surface area contributed by atoms with Gasteiger partial charge in [0, 0.05) is 12.3 Å². The number of hydrogen-bond acceptors (Lipinski definition) is 3. The van der Waals surface area contributed by atoms with Crippen molar-refractivity contribution in [1.82, 2.24) is 0 Å². The average Bonchev–Trinajstić information content (AvgIpc) is 2.42. The lowest BCUT2D eigenvalue weighted by Crippen LogP contribution is -2.09. The molecule has 0 unspecified atom stereocenters. The smallest absolute Gasteiger partial charge is 0.306 e. The van der Waals surface area contributed by atoms with Gasteiger partial charge in [-0.15, -0.1) is 0 Å². The summed E-state index contributed by atoms with van der Waals surface area (Å²) in [5.74, 6) is 0.126. The van der Waals surface area contributed by atoms with Gasteiger partial charge in [-0.1, -0.05) is 6.08 Å². The molecule has 0 radical (unpaired) electrons. The van der Waals surface area contributed by atoms with E-state index in [2.05, 4.69) is 0 Å². The zero-order chi connectivity index (χ0) is 8.72. The largest absolute Gasteiger partial charge is 0.461 e. The third-order valence-electron chi connectivity index (χ3n) is 2.45. The maximum atomic E-state index is 10.9. The Morgan fingerprint density at radius 3 is 2.92 bits per heavy atom. The standard InChI is InChI=1S/C9H10O3/c1-5(10)6-2-7-4-9(11)12-8(7)3-6/h2,7-8H,3-4H2,1H3/t7-,8-/m0/s1. The first kappa shape index (κ1) is 7.53. The Kier molecular flexibility index (Phi) is 1.53. The van der Waals surface area contributed by atoms with E-state index < -0.39 is 0 Å². The molecule has 0 spiro atoms. The summed E-state index contributed by atoms with van der Waals surface area (Å²) in [5.41, 5.74) is 0.817. The molecule has 1 fully saturated rings. The highest BCUT2D eigenvalue weighted by atomic mass is 16.5. The van der Waals surface area contributed by atoms with Crippen molar-refractivity contribution < 1.29 is 14.3 Å². The summed E-state index contributed by atoms with van der Waals surface area (Å²) in [6.45, 7) is 1.55. The summed E-state index contributed by atoms with van der Waals surface area (Å²) in [5, 5.41) is 0. The van der Waals surface area contributed by atoms with Crippen molar-refractivity contribution in [2.24, 2.45) is 5.92 Å². The number of hydrogen-bond donors (Lipinski definition) is 0. The van der Waals surface area contributed by atoms with E-state index in [1.807, 2.05) is 6.08 Å². The fourth-order valence-electron chi connectivity index (χ4n) is 1.79. The topological polar surface area (TPSA) is 43.4 Å². The van der Waals surface area contributed by atoms with Crippen LogP contribution in [0, 0.1) is 5.92 Å². The molecule has 1 aliphatic heterocycles. The van der Waals surface area contributed by atoms with Crippen molar-refractivity contribution in [2.45, 2.75) is 25.9 Å². The molecule has 2 rings (SSSR count). The first-order chi connectivity index (χ1) is 5.66. The third-order valence-corrected chi connectivity index (χ3v) is 2.45. The van der Waals surface area contributed by atoms with Crippen LogP contribution in [-0.2, 0) is 14.3 Å². The lowest BCUT2D eigenvalue weighted by atomic mass is 10.1. The first-order valence-corrected chi connectivity index (χ1v) is 4.08. The number of fused-ring (bicyclic) bond motifs is 1. The molecule has 0 amide bonds. The van der Waals surface area contributed by atoms with E-state index in [-0.39, 0.29) is 23.8 Å². The highest BCUT2D eigenvalue weighted by Gasteiger charge is 2.38. The van der Waals surface area contributed by atoms with E-state index >= 15 is 0 Å². The maximum Gasteiger partial charge on any atom is 0.306 e. The molecule has 0 aromatic rings. The summed E-state index contributed by atoms with van der Waals surface area (Å²) < 4.78 is 5.02. The van der Waals surface area contributed by atoms with Crippen molar-refractivity contribution in [3.8, 4) is 0 Å². The van der Waals surface area contributed by atoms with E-state index in [1.54, 1.807) is 6.92 Å². The SMILES string of the molecule is CC(=O)C1=C[C@H]2CC(=O)O[C@H]2C1. The van der Waals surface area contributed by atoms with Gasteiger partial charge in [0.05, 0.1) is 6.42 Å². The van der Waals surface area contributed by atoms with E-state index in [0.29, 0.717) is 12.8 Å². The lowest BCUT2D eigenvalue weighted by Gasteiger charge is -2.05. The third kappa shape index (κ3) is 1.05. The van der Waals surface area contributed by atoms with E-state index in [0.717, 1.165) is 5.57 Å². The Hall–Kier alpha value is -1.12. The molecule has 2 atom stereocenters. The predicted octanol–water partition coefficient (Wildman–Crippen LogP) is 0.837. The van der Waals surface area contributed by atoms with E-state index in [1.165, 1.54) is 0 Å². The minimum absolute atomic E-state index is 0.0450. The fraction of sp³-hybridized carbons (Fsp3) is 0.556. The van der Waals surface area contributed by atoms with Gasteiger partial charge in [0.15, 0.2) is 5.78 Å². The molecule has 0 aromatic heterocycles. The Labute approximate surface area is 70.4 Å². The van der Waals surface area contributed by atoms with Crippen LogP contribution in [0.2, 0.25) is 0 Å². The van der Waals surface area contributed by atoms with Crippen LogP contribution in [0.3, 0.4) is 0 Å². The molecule has 1 heterocycles. The Balaban J connectivity index is 2.15. The van der Waals surface area contributed by atoms with Crippen molar-refractivity contribution >= 4 is 11.8 Å². The Morgan fingerprint density at radius 2 is 2.33 bits per heavy atom. The summed E-state index contributed by atoms with van der Waals surface area (Å²) in [6, 6.07) is 0. The van der Waals surface area contributed by atoms with Crippen LogP contribution in [0.5, 0.6) is 0 Å². The van der Waals surface area contributed by atoms with Gasteiger partial charge >= 0.3 is 5.97 Å². The highest BCUT2D eigenvalue weighted by Crippen LogP contribution is 2.35. The maximum absolute atomic E-state index is 10.9. The normalized spacial score (nSPS) is 32.8. The molecule has 1 saturated heterocycles. The number of carbonyl (C=O) groups is 2. The lowest BCUT2D eigenvalue weighted by molar-refractivity contribution is -0.141. The number of rotatable bonds is 1. The molecule has 64 valence electrons. The minimum atomic E-state index is -0.135. The van der Waals surface area contributed by atoms with Gasteiger partial charge in [-0.25, -0.2) is 0 Å². The monoisotopic (exact) mass is 166 g/mol. The second-order valence-electron chi connectivity index (χ2n) is 3.35. The van der Waals surface area contributed by atoms with E-state index in [9.17, 15) is 9.59 Å². The summed E-state index contributed by atoms with van der Waals surface area (Å²) in [4.78, 5) is 21.7. The molecule has 0 bridgehead atoms.